The molecule has 0 saturated carbocycles. The second-order valence-electron chi connectivity index (χ2n) is 3.25. The molecule has 2 rings (SSSR count). The molecule has 1 N–H and O–H groups in total. The summed E-state index contributed by atoms with van der Waals surface area (Å²) in [4.78, 5) is 0. The molecule has 0 fully saturated rings. The van der Waals surface area contributed by atoms with Gasteiger partial charge in [-0.3, -0.25) is 0 Å². The van der Waals surface area contributed by atoms with Gasteiger partial charge in [-0.2, -0.15) is 0 Å². The molecule has 0 aliphatic heterocycles. The molecule has 0 atom stereocenters. The summed E-state index contributed by atoms with van der Waals surface area (Å²) in [5.74, 6) is 1.88. The van der Waals surface area contributed by atoms with Crippen LogP contribution in [0.1, 0.15) is 0 Å². The van der Waals surface area contributed by atoms with Crippen molar-refractivity contribution in [1.82, 2.24) is 0 Å². The zero-order chi connectivity index (χ0) is 11.4. The van der Waals surface area contributed by atoms with E-state index >= 15 is 0 Å². The molecule has 0 aliphatic carbocycles. The van der Waals surface area contributed by atoms with Gasteiger partial charge in [-0.15, -0.1) is 0 Å². The van der Waals surface area contributed by atoms with Crippen molar-refractivity contribution in [2.75, 3.05) is 7.11 Å². The number of phenols is 1. The fourth-order valence-electron chi connectivity index (χ4n) is 1.34. The van der Waals surface area contributed by atoms with Crippen molar-refractivity contribution in [3.63, 3.8) is 0 Å². The van der Waals surface area contributed by atoms with Gasteiger partial charge in [-0.25, -0.2) is 0 Å². The molecule has 0 amide bonds. The normalized spacial score (nSPS) is 9.81. The van der Waals surface area contributed by atoms with Gasteiger partial charge in [0.25, 0.3) is 0 Å². The summed E-state index contributed by atoms with van der Waals surface area (Å²) < 4.78 is 10.6. The first kappa shape index (κ1) is 10.4. The van der Waals surface area contributed by atoms with Crippen LogP contribution in [0.15, 0.2) is 48.5 Å². The zero-order valence-corrected chi connectivity index (χ0v) is 8.88. The van der Waals surface area contributed by atoms with E-state index in [0.717, 1.165) is 0 Å². The van der Waals surface area contributed by atoms with E-state index < -0.39 is 0 Å². The van der Waals surface area contributed by atoms with Crippen molar-refractivity contribution in [1.29, 1.82) is 0 Å². The zero-order valence-electron chi connectivity index (χ0n) is 8.88. The van der Waals surface area contributed by atoms with Gasteiger partial charge < -0.3 is 14.6 Å². The number of hydrogen-bond donors (Lipinski definition) is 1. The Morgan fingerprint density at radius 1 is 0.938 bits per heavy atom. The van der Waals surface area contributed by atoms with E-state index in [-0.39, 0.29) is 5.75 Å². The second kappa shape index (κ2) is 4.57. The minimum absolute atomic E-state index is 0.116. The van der Waals surface area contributed by atoms with Gasteiger partial charge in [0.1, 0.15) is 11.5 Å². The Morgan fingerprint density at radius 2 is 1.69 bits per heavy atom. The Kier molecular flexibility index (Phi) is 2.96. The summed E-state index contributed by atoms with van der Waals surface area (Å²) in [5, 5.41) is 9.54. The highest BCUT2D eigenvalue weighted by Gasteiger charge is 2.02. The van der Waals surface area contributed by atoms with E-state index in [2.05, 4.69) is 0 Å². The van der Waals surface area contributed by atoms with E-state index in [4.69, 9.17) is 9.47 Å². The molecule has 0 radical (unpaired) electrons. The molecule has 0 heterocycles. The highest BCUT2D eigenvalue weighted by Crippen LogP contribution is 2.31. The fourth-order valence-corrected chi connectivity index (χ4v) is 1.34. The summed E-state index contributed by atoms with van der Waals surface area (Å²) in [5.41, 5.74) is 0. The SMILES string of the molecule is COc1cccc(Oc2ccccc2O)c1. The molecular formula is C13H12O3. The Hall–Kier alpha value is -2.16. The monoisotopic (exact) mass is 216 g/mol. The van der Waals surface area contributed by atoms with Gasteiger partial charge in [0.2, 0.25) is 0 Å². The van der Waals surface area contributed by atoms with Crippen molar-refractivity contribution in [2.24, 2.45) is 0 Å². The first-order chi connectivity index (χ1) is 7.79. The first-order valence-corrected chi connectivity index (χ1v) is 4.89. The predicted octanol–water partition coefficient (Wildman–Crippen LogP) is 3.19. The van der Waals surface area contributed by atoms with Crippen LogP contribution in [0.4, 0.5) is 0 Å². The third-order valence-corrected chi connectivity index (χ3v) is 2.13. The van der Waals surface area contributed by atoms with Crippen LogP contribution in [0.3, 0.4) is 0 Å². The molecule has 16 heavy (non-hydrogen) atoms. The van der Waals surface area contributed by atoms with E-state index in [1.165, 1.54) is 0 Å². The van der Waals surface area contributed by atoms with E-state index in [9.17, 15) is 5.11 Å². The maximum Gasteiger partial charge on any atom is 0.169 e. The average Bonchev–Trinajstić information content (AvgIpc) is 2.32. The molecule has 82 valence electrons. The highest BCUT2D eigenvalue weighted by atomic mass is 16.5. The summed E-state index contributed by atoms with van der Waals surface area (Å²) in [6.07, 6.45) is 0. The van der Waals surface area contributed by atoms with Crippen LogP contribution < -0.4 is 9.47 Å². The van der Waals surface area contributed by atoms with E-state index in [0.29, 0.717) is 17.2 Å². The Labute approximate surface area is 93.9 Å². The molecule has 0 bridgehead atoms. The lowest BCUT2D eigenvalue weighted by Gasteiger charge is -2.08. The van der Waals surface area contributed by atoms with Crippen molar-refractivity contribution in [3.8, 4) is 23.0 Å². The summed E-state index contributed by atoms with van der Waals surface area (Å²) in [7, 11) is 1.60. The maximum absolute atomic E-state index is 9.54. The summed E-state index contributed by atoms with van der Waals surface area (Å²) >= 11 is 0. The van der Waals surface area contributed by atoms with Crippen LogP contribution in [0.5, 0.6) is 23.0 Å². The van der Waals surface area contributed by atoms with Crippen LogP contribution in [0, 0.1) is 0 Å². The molecule has 0 unspecified atom stereocenters. The number of methoxy groups -OCH3 is 1. The molecule has 0 saturated heterocycles. The standard InChI is InChI=1S/C13H12O3/c1-15-10-5-4-6-11(9-10)16-13-8-3-2-7-12(13)14/h2-9,14H,1H3. The molecule has 3 nitrogen and oxygen atoms in total. The lowest BCUT2D eigenvalue weighted by molar-refractivity contribution is 0.398. The minimum atomic E-state index is 0.116. The third kappa shape index (κ3) is 2.25. The van der Waals surface area contributed by atoms with Gasteiger partial charge >= 0.3 is 0 Å². The van der Waals surface area contributed by atoms with Crippen LogP contribution >= 0.6 is 0 Å². The minimum Gasteiger partial charge on any atom is -0.504 e. The van der Waals surface area contributed by atoms with Crippen molar-refractivity contribution >= 4 is 0 Å². The van der Waals surface area contributed by atoms with E-state index in [1.54, 1.807) is 43.5 Å². The van der Waals surface area contributed by atoms with E-state index in [1.807, 2.05) is 12.1 Å². The molecule has 2 aromatic carbocycles. The van der Waals surface area contributed by atoms with Crippen LogP contribution in [-0.2, 0) is 0 Å². The first-order valence-electron chi connectivity index (χ1n) is 4.89. The molecule has 2 aromatic rings. The van der Waals surface area contributed by atoms with Crippen molar-refractivity contribution in [2.45, 2.75) is 0 Å². The third-order valence-electron chi connectivity index (χ3n) is 2.13. The van der Waals surface area contributed by atoms with Gasteiger partial charge in [0.05, 0.1) is 7.11 Å². The number of hydrogen-bond acceptors (Lipinski definition) is 3. The lowest BCUT2D eigenvalue weighted by atomic mass is 10.3. The van der Waals surface area contributed by atoms with Crippen LogP contribution in [-0.4, -0.2) is 12.2 Å². The van der Waals surface area contributed by atoms with Crippen molar-refractivity contribution in [3.05, 3.63) is 48.5 Å². The lowest BCUT2D eigenvalue weighted by Crippen LogP contribution is -1.86. The van der Waals surface area contributed by atoms with Crippen LogP contribution in [0.2, 0.25) is 0 Å². The Morgan fingerprint density at radius 3 is 2.44 bits per heavy atom. The smallest absolute Gasteiger partial charge is 0.169 e. The number of phenolic OH excluding ortho intramolecular Hbond substituents is 1. The topological polar surface area (TPSA) is 38.7 Å². The Bertz CT molecular complexity index is 480. The number of rotatable bonds is 3. The average molecular weight is 216 g/mol. The molecule has 0 aromatic heterocycles. The number of benzene rings is 2. The highest BCUT2D eigenvalue weighted by molar-refractivity contribution is 5.43. The predicted molar refractivity (Wildman–Crippen MR) is 61.2 cm³/mol. The molecule has 0 aliphatic rings. The Balaban J connectivity index is 2.24. The van der Waals surface area contributed by atoms with Gasteiger partial charge in [0.15, 0.2) is 11.5 Å². The molecule has 3 heteroatoms. The number of para-hydroxylation sites is 2. The van der Waals surface area contributed by atoms with Gasteiger partial charge in [-0.1, -0.05) is 18.2 Å². The maximum atomic E-state index is 9.54. The molecule has 0 spiro atoms. The number of aromatic hydroxyl groups is 1. The fraction of sp³-hybridized carbons (Fsp3) is 0.0769. The second-order valence-corrected chi connectivity index (χ2v) is 3.25. The molecular weight excluding hydrogens is 204 g/mol. The summed E-state index contributed by atoms with van der Waals surface area (Å²) in [6.45, 7) is 0. The van der Waals surface area contributed by atoms with Crippen molar-refractivity contribution < 1.29 is 14.6 Å². The van der Waals surface area contributed by atoms with Gasteiger partial charge in [0, 0.05) is 6.07 Å². The van der Waals surface area contributed by atoms with Crippen LogP contribution in [0.25, 0.3) is 0 Å². The summed E-state index contributed by atoms with van der Waals surface area (Å²) in [6, 6.07) is 14.0. The quantitative estimate of drug-likeness (QED) is 0.856. The van der Waals surface area contributed by atoms with Gasteiger partial charge in [-0.05, 0) is 24.3 Å². The number of ether oxygens (including phenoxy) is 2. The largest absolute Gasteiger partial charge is 0.504 e.